The predicted octanol–water partition coefficient (Wildman–Crippen LogP) is 4.49. The Morgan fingerprint density at radius 3 is 2.81 bits per heavy atom. The fourth-order valence-corrected chi connectivity index (χ4v) is 4.11. The molecule has 0 aliphatic carbocycles. The van der Waals surface area contributed by atoms with Gasteiger partial charge in [0, 0.05) is 12.6 Å². The van der Waals surface area contributed by atoms with Gasteiger partial charge in [-0.1, -0.05) is 6.07 Å². The van der Waals surface area contributed by atoms with Gasteiger partial charge in [-0.15, -0.1) is 11.3 Å². The molecule has 1 aliphatic heterocycles. The van der Waals surface area contributed by atoms with Gasteiger partial charge in [-0.3, -0.25) is 4.79 Å². The van der Waals surface area contributed by atoms with Gasteiger partial charge >= 0.3 is 6.18 Å². The number of carbonyl (C=O) groups excluding carboxylic acids is 1. The summed E-state index contributed by atoms with van der Waals surface area (Å²) in [7, 11) is 0. The van der Waals surface area contributed by atoms with Crippen molar-refractivity contribution in [1.29, 1.82) is 0 Å². The predicted molar refractivity (Wildman–Crippen MR) is 95.7 cm³/mol. The molecule has 5 nitrogen and oxygen atoms in total. The van der Waals surface area contributed by atoms with E-state index in [2.05, 4.69) is 10.1 Å². The summed E-state index contributed by atoms with van der Waals surface area (Å²) in [5.74, 6) is -0.318. The Kier molecular flexibility index (Phi) is 4.41. The van der Waals surface area contributed by atoms with Crippen LogP contribution in [0.1, 0.15) is 42.2 Å². The molecule has 0 saturated carbocycles. The molecule has 1 saturated heterocycles. The number of halogens is 3. The summed E-state index contributed by atoms with van der Waals surface area (Å²) in [5, 5.41) is 5.61. The highest BCUT2D eigenvalue weighted by atomic mass is 32.1. The molecule has 1 fully saturated rings. The Balaban J connectivity index is 1.88. The first-order valence-electron chi connectivity index (χ1n) is 8.67. The van der Waals surface area contributed by atoms with Crippen LogP contribution in [0.4, 0.5) is 13.2 Å². The zero-order valence-electron chi connectivity index (χ0n) is 14.5. The van der Waals surface area contributed by atoms with Gasteiger partial charge in [0.2, 0.25) is 0 Å². The summed E-state index contributed by atoms with van der Waals surface area (Å²) >= 11 is 1.29. The van der Waals surface area contributed by atoms with E-state index in [9.17, 15) is 18.0 Å². The van der Waals surface area contributed by atoms with Gasteiger partial charge in [-0.2, -0.15) is 18.3 Å². The third kappa shape index (κ3) is 3.20. The third-order valence-electron chi connectivity index (χ3n) is 4.83. The number of rotatable bonds is 2. The van der Waals surface area contributed by atoms with E-state index in [1.165, 1.54) is 17.5 Å². The summed E-state index contributed by atoms with van der Waals surface area (Å²) in [6.45, 7) is 2.54. The molecule has 27 heavy (non-hydrogen) atoms. The molecule has 1 amide bonds. The molecular weight excluding hydrogens is 377 g/mol. The van der Waals surface area contributed by atoms with Crippen LogP contribution < -0.4 is 0 Å². The molecule has 0 spiro atoms. The molecule has 142 valence electrons. The van der Waals surface area contributed by atoms with Crippen molar-refractivity contribution in [3.05, 3.63) is 41.0 Å². The van der Waals surface area contributed by atoms with E-state index < -0.39 is 11.9 Å². The van der Waals surface area contributed by atoms with E-state index in [-0.39, 0.29) is 28.9 Å². The Morgan fingerprint density at radius 1 is 1.33 bits per heavy atom. The number of nitrogens with zero attached hydrogens (tertiary/aromatic N) is 4. The summed E-state index contributed by atoms with van der Waals surface area (Å²) in [6.07, 6.45) is -0.611. The van der Waals surface area contributed by atoms with E-state index in [0.29, 0.717) is 11.4 Å². The van der Waals surface area contributed by atoms with Crippen LogP contribution in [0, 0.1) is 0 Å². The summed E-state index contributed by atoms with van der Waals surface area (Å²) in [5.41, 5.74) is -0.712. The Bertz CT molecular complexity index is 981. The number of alkyl halides is 3. The molecule has 0 aromatic carbocycles. The smallest absolute Gasteiger partial charge is 0.336 e. The van der Waals surface area contributed by atoms with E-state index in [1.54, 1.807) is 22.4 Å². The molecule has 3 aromatic rings. The lowest BCUT2D eigenvalue weighted by Gasteiger charge is -2.33. The van der Waals surface area contributed by atoms with Crippen LogP contribution in [0.2, 0.25) is 0 Å². The number of hydrogen-bond donors (Lipinski definition) is 0. The molecule has 0 unspecified atom stereocenters. The lowest BCUT2D eigenvalue weighted by Crippen LogP contribution is -2.42. The van der Waals surface area contributed by atoms with Crippen molar-refractivity contribution in [3.63, 3.8) is 0 Å². The number of aromatic nitrogens is 3. The molecule has 4 rings (SSSR count). The molecule has 0 bridgehead atoms. The Labute approximate surface area is 157 Å². The van der Waals surface area contributed by atoms with Crippen LogP contribution in [-0.4, -0.2) is 38.0 Å². The van der Waals surface area contributed by atoms with Gasteiger partial charge in [0.15, 0.2) is 11.3 Å². The molecule has 0 N–H and O–H groups in total. The van der Waals surface area contributed by atoms with E-state index in [0.717, 1.165) is 29.8 Å². The first kappa shape index (κ1) is 18.0. The maximum atomic E-state index is 13.6. The molecule has 1 aliphatic rings. The van der Waals surface area contributed by atoms with E-state index >= 15 is 0 Å². The first-order chi connectivity index (χ1) is 12.9. The largest absolute Gasteiger partial charge is 0.433 e. The normalized spacial score (nSPS) is 18.2. The number of hydrogen-bond acceptors (Lipinski definition) is 4. The number of carbonyl (C=O) groups is 1. The van der Waals surface area contributed by atoms with Crippen LogP contribution in [0.25, 0.3) is 16.2 Å². The number of amides is 1. The fraction of sp³-hybridized carbons (Fsp3) is 0.389. The minimum Gasteiger partial charge on any atom is -0.336 e. The Hall–Kier alpha value is -2.42. The average molecular weight is 394 g/mol. The third-order valence-corrected chi connectivity index (χ3v) is 5.72. The summed E-state index contributed by atoms with van der Waals surface area (Å²) in [4.78, 5) is 19.7. The maximum absolute atomic E-state index is 13.6. The Morgan fingerprint density at radius 2 is 2.15 bits per heavy atom. The molecular formula is C18H17F3N4OS. The zero-order chi connectivity index (χ0) is 19.2. The van der Waals surface area contributed by atoms with Gasteiger partial charge in [-0.25, -0.2) is 9.50 Å². The van der Waals surface area contributed by atoms with Crippen molar-refractivity contribution in [2.24, 2.45) is 0 Å². The summed E-state index contributed by atoms with van der Waals surface area (Å²) in [6, 6.07) is 4.47. The molecule has 4 heterocycles. The fourth-order valence-electron chi connectivity index (χ4n) is 3.42. The zero-order valence-corrected chi connectivity index (χ0v) is 15.3. The van der Waals surface area contributed by atoms with Crippen molar-refractivity contribution in [3.8, 4) is 10.6 Å². The van der Waals surface area contributed by atoms with E-state index in [1.807, 2.05) is 6.92 Å². The van der Waals surface area contributed by atoms with Gasteiger partial charge < -0.3 is 4.90 Å². The van der Waals surface area contributed by atoms with Crippen LogP contribution >= 0.6 is 11.3 Å². The number of piperidine rings is 1. The maximum Gasteiger partial charge on any atom is 0.433 e. The molecule has 9 heteroatoms. The molecule has 0 radical (unpaired) electrons. The second-order valence-corrected chi connectivity index (χ2v) is 7.59. The highest BCUT2D eigenvalue weighted by molar-refractivity contribution is 7.13. The van der Waals surface area contributed by atoms with E-state index in [4.69, 9.17) is 0 Å². The van der Waals surface area contributed by atoms with Crippen LogP contribution in [-0.2, 0) is 6.18 Å². The molecule has 3 aromatic heterocycles. The second kappa shape index (κ2) is 6.63. The highest BCUT2D eigenvalue weighted by Gasteiger charge is 2.37. The number of fused-ring (bicyclic) bond motifs is 1. The van der Waals surface area contributed by atoms with Crippen molar-refractivity contribution >= 4 is 22.9 Å². The average Bonchev–Trinajstić information content (AvgIpc) is 3.29. The highest BCUT2D eigenvalue weighted by Crippen LogP contribution is 2.34. The van der Waals surface area contributed by atoms with Crippen molar-refractivity contribution in [1.82, 2.24) is 19.5 Å². The molecule has 1 atom stereocenters. The second-order valence-electron chi connectivity index (χ2n) is 6.64. The number of likely N-dealkylation sites (tertiary alicyclic amines) is 1. The monoisotopic (exact) mass is 394 g/mol. The minimum absolute atomic E-state index is 0.0452. The van der Waals surface area contributed by atoms with Crippen molar-refractivity contribution < 1.29 is 18.0 Å². The lowest BCUT2D eigenvalue weighted by atomic mass is 10.0. The van der Waals surface area contributed by atoms with Gasteiger partial charge in [0.25, 0.3) is 5.91 Å². The number of thiophene rings is 1. The standard InChI is InChI=1S/C18H17F3N4OS/c1-11-5-2-3-7-24(11)17(26)12-10-22-25-15(18(19,20)21)9-13(23-16(12)25)14-6-4-8-27-14/h4,6,8-11H,2-3,5,7H2,1H3/t11-/m0/s1. The van der Waals surface area contributed by atoms with Crippen LogP contribution in [0.5, 0.6) is 0 Å². The quantitative estimate of drug-likeness (QED) is 0.643. The van der Waals surface area contributed by atoms with Gasteiger partial charge in [0.1, 0.15) is 5.56 Å². The summed E-state index contributed by atoms with van der Waals surface area (Å²) < 4.78 is 41.5. The van der Waals surface area contributed by atoms with Gasteiger partial charge in [0.05, 0.1) is 16.8 Å². The lowest BCUT2D eigenvalue weighted by molar-refractivity contribution is -0.142. The van der Waals surface area contributed by atoms with Crippen molar-refractivity contribution in [2.75, 3.05) is 6.54 Å². The van der Waals surface area contributed by atoms with Crippen LogP contribution in [0.3, 0.4) is 0 Å². The topological polar surface area (TPSA) is 50.5 Å². The van der Waals surface area contributed by atoms with Gasteiger partial charge in [-0.05, 0) is 43.7 Å². The first-order valence-corrected chi connectivity index (χ1v) is 9.55. The minimum atomic E-state index is -4.61. The van der Waals surface area contributed by atoms with Crippen LogP contribution in [0.15, 0.2) is 29.8 Å². The SMILES string of the molecule is C[C@H]1CCCCN1C(=O)c1cnn2c(C(F)(F)F)cc(-c3cccs3)nc12. The van der Waals surface area contributed by atoms with Crippen molar-refractivity contribution in [2.45, 2.75) is 38.4 Å².